The Hall–Kier alpha value is -2.01. The number of aromatic nitrogens is 2. The van der Waals surface area contributed by atoms with Crippen LogP contribution in [-0.2, 0) is 6.42 Å². The minimum absolute atomic E-state index is 0.200. The molecule has 3 nitrogen and oxygen atoms in total. The van der Waals surface area contributed by atoms with Crippen molar-refractivity contribution in [3.8, 4) is 0 Å². The second-order valence-electron chi connectivity index (χ2n) is 5.00. The van der Waals surface area contributed by atoms with E-state index in [0.717, 1.165) is 40.4 Å². The second kappa shape index (κ2) is 5.77. The van der Waals surface area contributed by atoms with Crippen LogP contribution in [0.3, 0.4) is 0 Å². The minimum atomic E-state index is -0.200. The molecular formula is C16H16FN3S. The fraction of sp³-hybridized carbons (Fsp3) is 0.250. The van der Waals surface area contributed by atoms with E-state index in [9.17, 15) is 4.39 Å². The van der Waals surface area contributed by atoms with Crippen LogP contribution < -0.4 is 5.32 Å². The van der Waals surface area contributed by atoms with Crippen LogP contribution in [0.15, 0.2) is 30.3 Å². The van der Waals surface area contributed by atoms with E-state index < -0.39 is 0 Å². The van der Waals surface area contributed by atoms with Crippen molar-refractivity contribution in [1.82, 2.24) is 9.97 Å². The van der Waals surface area contributed by atoms with Crippen LogP contribution in [0, 0.1) is 19.7 Å². The van der Waals surface area contributed by atoms with Gasteiger partial charge in [-0.15, -0.1) is 11.3 Å². The molecule has 0 bridgehead atoms. The van der Waals surface area contributed by atoms with Gasteiger partial charge in [0.25, 0.3) is 0 Å². The maximum Gasteiger partial charge on any atom is 0.138 e. The number of hydrogen-bond acceptors (Lipinski definition) is 4. The molecule has 3 rings (SSSR count). The summed E-state index contributed by atoms with van der Waals surface area (Å²) in [5.41, 5.74) is 1.10. The predicted octanol–water partition coefficient (Wildman–Crippen LogP) is 4.10. The highest BCUT2D eigenvalue weighted by atomic mass is 32.1. The number of fused-ring (bicyclic) bond motifs is 1. The molecule has 0 amide bonds. The van der Waals surface area contributed by atoms with E-state index in [4.69, 9.17) is 0 Å². The first-order valence-corrected chi connectivity index (χ1v) is 7.66. The number of benzene rings is 1. The summed E-state index contributed by atoms with van der Waals surface area (Å²) < 4.78 is 12.9. The number of hydrogen-bond donors (Lipinski definition) is 1. The van der Waals surface area contributed by atoms with Crippen molar-refractivity contribution in [2.24, 2.45) is 0 Å². The van der Waals surface area contributed by atoms with Crippen molar-refractivity contribution in [2.75, 3.05) is 11.9 Å². The average Bonchev–Trinajstić information content (AvgIpc) is 2.81. The number of aryl methyl sites for hydroxylation is 2. The second-order valence-corrected chi connectivity index (χ2v) is 6.23. The number of anilines is 1. The topological polar surface area (TPSA) is 37.8 Å². The molecule has 1 N–H and O–H groups in total. The Morgan fingerprint density at radius 2 is 1.90 bits per heavy atom. The fourth-order valence-corrected chi connectivity index (χ4v) is 3.18. The van der Waals surface area contributed by atoms with Crippen LogP contribution in [0.25, 0.3) is 10.2 Å². The zero-order valence-corrected chi connectivity index (χ0v) is 12.8. The molecule has 108 valence electrons. The zero-order valence-electron chi connectivity index (χ0n) is 12.0. The lowest BCUT2D eigenvalue weighted by atomic mass is 10.1. The smallest absolute Gasteiger partial charge is 0.138 e. The summed E-state index contributed by atoms with van der Waals surface area (Å²) in [7, 11) is 0. The standard InChI is InChI=1S/C16H16FN3S/c1-10-9-14-15(19-11(2)20-16(14)21-10)18-8-7-12-3-5-13(17)6-4-12/h3-6,9H,7-8H2,1-2H3,(H,18,19,20). The van der Waals surface area contributed by atoms with Gasteiger partial charge in [-0.2, -0.15) is 0 Å². The lowest BCUT2D eigenvalue weighted by Gasteiger charge is -2.07. The Balaban J connectivity index is 1.74. The number of halogens is 1. The van der Waals surface area contributed by atoms with Crippen molar-refractivity contribution < 1.29 is 4.39 Å². The molecule has 21 heavy (non-hydrogen) atoms. The van der Waals surface area contributed by atoms with Gasteiger partial charge in [0.15, 0.2) is 0 Å². The largest absolute Gasteiger partial charge is 0.369 e. The first kappa shape index (κ1) is 13.9. The van der Waals surface area contributed by atoms with E-state index in [0.29, 0.717) is 0 Å². The van der Waals surface area contributed by atoms with Gasteiger partial charge in [-0.3, -0.25) is 0 Å². The molecular weight excluding hydrogens is 285 g/mol. The zero-order chi connectivity index (χ0) is 14.8. The molecule has 0 spiro atoms. The maximum absolute atomic E-state index is 12.9. The third kappa shape index (κ3) is 3.19. The molecule has 3 aromatic rings. The summed E-state index contributed by atoms with van der Waals surface area (Å²) in [6.07, 6.45) is 0.827. The Morgan fingerprint density at radius 3 is 2.67 bits per heavy atom. The number of thiophene rings is 1. The van der Waals surface area contributed by atoms with Crippen molar-refractivity contribution in [1.29, 1.82) is 0 Å². The summed E-state index contributed by atoms with van der Waals surface area (Å²) in [6.45, 7) is 4.73. The Kier molecular flexibility index (Phi) is 3.84. The summed E-state index contributed by atoms with van der Waals surface area (Å²) in [4.78, 5) is 11.2. The summed E-state index contributed by atoms with van der Waals surface area (Å²) >= 11 is 1.68. The van der Waals surface area contributed by atoms with Crippen LogP contribution >= 0.6 is 11.3 Å². The lowest BCUT2D eigenvalue weighted by Crippen LogP contribution is -2.07. The number of nitrogens with one attached hydrogen (secondary N) is 1. The van der Waals surface area contributed by atoms with E-state index >= 15 is 0 Å². The van der Waals surface area contributed by atoms with Gasteiger partial charge in [-0.25, -0.2) is 14.4 Å². The molecule has 5 heteroatoms. The first-order valence-electron chi connectivity index (χ1n) is 6.85. The lowest BCUT2D eigenvalue weighted by molar-refractivity contribution is 0.627. The Morgan fingerprint density at radius 1 is 1.14 bits per heavy atom. The van der Waals surface area contributed by atoms with Gasteiger partial charge in [0.05, 0.1) is 5.39 Å². The van der Waals surface area contributed by atoms with Gasteiger partial charge in [-0.1, -0.05) is 12.1 Å². The number of rotatable bonds is 4. The number of nitrogens with zero attached hydrogens (tertiary/aromatic N) is 2. The van der Waals surface area contributed by atoms with Gasteiger partial charge in [0.2, 0.25) is 0 Å². The molecule has 0 saturated heterocycles. The van der Waals surface area contributed by atoms with Crippen molar-refractivity contribution in [3.63, 3.8) is 0 Å². The monoisotopic (exact) mass is 301 g/mol. The van der Waals surface area contributed by atoms with Gasteiger partial charge < -0.3 is 5.32 Å². The van der Waals surface area contributed by atoms with E-state index in [-0.39, 0.29) is 5.82 Å². The molecule has 2 aromatic heterocycles. The summed E-state index contributed by atoms with van der Waals surface area (Å²) in [5, 5.41) is 4.44. The minimum Gasteiger partial charge on any atom is -0.369 e. The van der Waals surface area contributed by atoms with Crippen LogP contribution in [0.1, 0.15) is 16.3 Å². The Labute approximate surface area is 126 Å². The maximum atomic E-state index is 12.9. The van der Waals surface area contributed by atoms with Gasteiger partial charge in [0, 0.05) is 11.4 Å². The quantitative estimate of drug-likeness (QED) is 0.788. The predicted molar refractivity (Wildman–Crippen MR) is 85.5 cm³/mol. The van der Waals surface area contributed by atoms with Gasteiger partial charge >= 0.3 is 0 Å². The molecule has 0 unspecified atom stereocenters. The SMILES string of the molecule is Cc1nc(NCCc2ccc(F)cc2)c2cc(C)sc2n1. The van der Waals surface area contributed by atoms with E-state index in [1.165, 1.54) is 17.0 Å². The average molecular weight is 301 g/mol. The van der Waals surface area contributed by atoms with Crippen LogP contribution in [-0.4, -0.2) is 16.5 Å². The molecule has 0 aliphatic carbocycles. The third-order valence-electron chi connectivity index (χ3n) is 3.25. The highest BCUT2D eigenvalue weighted by Crippen LogP contribution is 2.28. The molecule has 0 radical (unpaired) electrons. The molecule has 0 aliphatic rings. The van der Waals surface area contributed by atoms with Gasteiger partial charge in [0.1, 0.15) is 22.3 Å². The fourth-order valence-electron chi connectivity index (χ4n) is 2.26. The molecule has 0 aliphatic heterocycles. The van der Waals surface area contributed by atoms with Crippen LogP contribution in [0.2, 0.25) is 0 Å². The van der Waals surface area contributed by atoms with Crippen molar-refractivity contribution in [2.45, 2.75) is 20.3 Å². The summed E-state index contributed by atoms with van der Waals surface area (Å²) in [5.74, 6) is 1.45. The first-order chi connectivity index (χ1) is 10.1. The highest BCUT2D eigenvalue weighted by molar-refractivity contribution is 7.18. The molecule has 1 aromatic carbocycles. The highest BCUT2D eigenvalue weighted by Gasteiger charge is 2.08. The normalized spacial score (nSPS) is 11.0. The third-order valence-corrected chi connectivity index (χ3v) is 4.19. The van der Waals surface area contributed by atoms with Crippen molar-refractivity contribution in [3.05, 3.63) is 52.4 Å². The van der Waals surface area contributed by atoms with E-state index in [2.05, 4.69) is 28.3 Å². The summed E-state index contributed by atoms with van der Waals surface area (Å²) in [6, 6.07) is 8.72. The Bertz CT molecular complexity index is 765. The van der Waals surface area contributed by atoms with Gasteiger partial charge in [-0.05, 0) is 44.0 Å². The molecule has 0 fully saturated rings. The molecule has 2 heterocycles. The molecule has 0 saturated carbocycles. The van der Waals surface area contributed by atoms with Crippen LogP contribution in [0.4, 0.5) is 10.2 Å². The van der Waals surface area contributed by atoms with Crippen molar-refractivity contribution >= 4 is 27.4 Å². The van der Waals surface area contributed by atoms with E-state index in [1.807, 2.05) is 19.1 Å². The van der Waals surface area contributed by atoms with Crippen LogP contribution in [0.5, 0.6) is 0 Å². The van der Waals surface area contributed by atoms with E-state index in [1.54, 1.807) is 11.3 Å². The molecule has 0 atom stereocenters.